The van der Waals surface area contributed by atoms with Crippen LogP contribution in [0, 0.1) is 0 Å². The van der Waals surface area contributed by atoms with Crippen LogP contribution in [0.3, 0.4) is 0 Å². The van der Waals surface area contributed by atoms with Crippen molar-refractivity contribution in [3.05, 3.63) is 72.2 Å². The Labute approximate surface area is 183 Å². The first kappa shape index (κ1) is 19.6. The van der Waals surface area contributed by atoms with E-state index >= 15 is 0 Å². The van der Waals surface area contributed by atoms with Crippen molar-refractivity contribution < 1.29 is 23.5 Å². The number of anilines is 1. The van der Waals surface area contributed by atoms with Crippen molar-refractivity contribution in [2.24, 2.45) is 0 Å². The van der Waals surface area contributed by atoms with E-state index in [0.717, 1.165) is 16.1 Å². The topological polar surface area (TPSA) is 81.0 Å². The van der Waals surface area contributed by atoms with Crippen LogP contribution < -0.4 is 19.7 Å². The average molecular weight is 436 g/mol. The number of hydrogen-bond acceptors (Lipinski definition) is 6. The smallest absolute Gasteiger partial charge is 0.240 e. The lowest BCUT2D eigenvalue weighted by Crippen LogP contribution is -2.40. The Kier molecular flexibility index (Phi) is 5.30. The van der Waals surface area contributed by atoms with Gasteiger partial charge in [-0.05, 0) is 42.0 Å². The molecule has 2 aliphatic heterocycles. The van der Waals surface area contributed by atoms with Crippen molar-refractivity contribution in [2.75, 3.05) is 18.2 Å². The maximum Gasteiger partial charge on any atom is 0.240 e. The van der Waals surface area contributed by atoms with Gasteiger partial charge in [0.25, 0.3) is 0 Å². The third kappa shape index (κ3) is 4.11. The molecule has 3 aromatic rings. The van der Waals surface area contributed by atoms with Crippen LogP contribution in [0.1, 0.15) is 23.0 Å². The van der Waals surface area contributed by atoms with Crippen LogP contribution in [-0.4, -0.2) is 25.2 Å². The second-order valence-electron chi connectivity index (χ2n) is 7.23. The summed E-state index contributed by atoms with van der Waals surface area (Å²) < 4.78 is 16.1. The highest BCUT2D eigenvalue weighted by Gasteiger charge is 2.31. The molecule has 0 saturated carbocycles. The molecule has 1 unspecified atom stereocenters. The van der Waals surface area contributed by atoms with E-state index in [9.17, 15) is 9.59 Å². The maximum absolute atomic E-state index is 13.2. The molecule has 0 bridgehead atoms. The second-order valence-corrected chi connectivity index (χ2v) is 8.47. The SMILES string of the molecule is O=C(CN1C(=O)CC(c2ccc3c(c2)OCO3)Sc2ccccc21)NCc1ccco1. The molecular formula is C23H20N2O5S. The van der Waals surface area contributed by atoms with Gasteiger partial charge in [0.1, 0.15) is 12.3 Å². The number of ether oxygens (including phenoxy) is 2. The molecule has 2 amide bonds. The lowest BCUT2D eigenvalue weighted by Gasteiger charge is -2.22. The fraction of sp³-hybridized carbons (Fsp3) is 0.217. The highest BCUT2D eigenvalue weighted by molar-refractivity contribution is 7.99. The molecule has 1 atom stereocenters. The minimum absolute atomic E-state index is 0.0506. The van der Waals surface area contributed by atoms with Gasteiger partial charge in [0, 0.05) is 16.6 Å². The molecule has 0 aliphatic carbocycles. The Morgan fingerprint density at radius 1 is 1.10 bits per heavy atom. The lowest BCUT2D eigenvalue weighted by atomic mass is 10.1. The lowest BCUT2D eigenvalue weighted by molar-refractivity contribution is -0.124. The normalized spacial score (nSPS) is 17.2. The van der Waals surface area contributed by atoms with Crippen molar-refractivity contribution in [1.29, 1.82) is 0 Å². The Balaban J connectivity index is 1.37. The Bertz CT molecular complexity index is 1110. The Morgan fingerprint density at radius 3 is 2.84 bits per heavy atom. The number of carbonyl (C=O) groups excluding carboxylic acids is 2. The number of benzene rings is 2. The molecule has 0 spiro atoms. The number of nitrogens with one attached hydrogen (secondary N) is 1. The molecule has 1 N–H and O–H groups in total. The highest BCUT2D eigenvalue weighted by Crippen LogP contribution is 2.47. The number of nitrogens with zero attached hydrogens (tertiary/aromatic N) is 1. The van der Waals surface area contributed by atoms with Gasteiger partial charge in [-0.2, -0.15) is 0 Å². The van der Waals surface area contributed by atoms with Crippen molar-refractivity contribution in [1.82, 2.24) is 5.32 Å². The summed E-state index contributed by atoms with van der Waals surface area (Å²) in [6.45, 7) is 0.439. The molecule has 8 heteroatoms. The number of fused-ring (bicyclic) bond motifs is 2. The number of hydrogen-bond donors (Lipinski definition) is 1. The molecule has 2 aliphatic rings. The first-order valence-electron chi connectivity index (χ1n) is 9.92. The first-order chi connectivity index (χ1) is 15.2. The number of furan rings is 1. The summed E-state index contributed by atoms with van der Waals surface area (Å²) in [5.74, 6) is 1.72. The predicted octanol–water partition coefficient (Wildman–Crippen LogP) is 3.89. The van der Waals surface area contributed by atoms with E-state index in [1.807, 2.05) is 42.5 Å². The van der Waals surface area contributed by atoms with Crippen LogP contribution in [-0.2, 0) is 16.1 Å². The van der Waals surface area contributed by atoms with E-state index in [-0.39, 0.29) is 43.4 Å². The van der Waals surface area contributed by atoms with Crippen molar-refractivity contribution in [3.8, 4) is 11.5 Å². The molecule has 31 heavy (non-hydrogen) atoms. The summed E-state index contributed by atoms with van der Waals surface area (Å²) in [4.78, 5) is 28.3. The molecule has 158 valence electrons. The van der Waals surface area contributed by atoms with E-state index in [1.165, 1.54) is 0 Å². The zero-order valence-electron chi connectivity index (χ0n) is 16.6. The largest absolute Gasteiger partial charge is 0.467 e. The third-order valence-electron chi connectivity index (χ3n) is 5.20. The van der Waals surface area contributed by atoms with Crippen molar-refractivity contribution in [2.45, 2.75) is 23.1 Å². The van der Waals surface area contributed by atoms with Crippen LogP contribution in [0.25, 0.3) is 0 Å². The molecule has 1 aromatic heterocycles. The fourth-order valence-electron chi connectivity index (χ4n) is 3.65. The minimum atomic E-state index is -0.244. The molecule has 5 rings (SSSR count). The number of rotatable bonds is 5. The molecule has 0 saturated heterocycles. The number of para-hydroxylation sites is 1. The van der Waals surface area contributed by atoms with Gasteiger partial charge < -0.3 is 24.1 Å². The van der Waals surface area contributed by atoms with Gasteiger partial charge in [-0.25, -0.2) is 0 Å². The van der Waals surface area contributed by atoms with Crippen molar-refractivity contribution >= 4 is 29.3 Å². The number of carbonyl (C=O) groups is 2. The molecule has 2 aromatic carbocycles. The van der Waals surface area contributed by atoms with Crippen LogP contribution in [0.2, 0.25) is 0 Å². The zero-order valence-corrected chi connectivity index (χ0v) is 17.4. The van der Waals surface area contributed by atoms with Gasteiger partial charge in [0.2, 0.25) is 18.6 Å². The van der Waals surface area contributed by atoms with E-state index in [4.69, 9.17) is 13.9 Å². The second kappa shape index (κ2) is 8.39. The predicted molar refractivity (Wildman–Crippen MR) is 115 cm³/mol. The van der Waals surface area contributed by atoms with Gasteiger partial charge in [-0.3, -0.25) is 9.59 Å². The monoisotopic (exact) mass is 436 g/mol. The standard InChI is InChI=1S/C23H20N2O5S/c26-22(24-12-16-4-3-9-28-16)13-25-17-5-1-2-6-20(17)31-21(11-23(25)27)15-7-8-18-19(10-15)30-14-29-18/h1-10,21H,11-14H2,(H,24,26). The summed E-state index contributed by atoms with van der Waals surface area (Å²) in [6, 6.07) is 17.0. The van der Waals surface area contributed by atoms with Crippen LogP contribution in [0.15, 0.2) is 70.2 Å². The van der Waals surface area contributed by atoms with Gasteiger partial charge >= 0.3 is 0 Å². The van der Waals surface area contributed by atoms with Gasteiger partial charge in [-0.1, -0.05) is 18.2 Å². The first-order valence-corrected chi connectivity index (χ1v) is 10.8. The van der Waals surface area contributed by atoms with E-state index in [0.29, 0.717) is 17.3 Å². The highest BCUT2D eigenvalue weighted by atomic mass is 32.2. The summed E-state index contributed by atoms with van der Waals surface area (Å²) >= 11 is 1.62. The summed E-state index contributed by atoms with van der Waals surface area (Å²) in [5, 5.41) is 2.71. The summed E-state index contributed by atoms with van der Waals surface area (Å²) in [7, 11) is 0. The van der Waals surface area contributed by atoms with Crippen LogP contribution in [0.4, 0.5) is 5.69 Å². The Morgan fingerprint density at radius 2 is 1.97 bits per heavy atom. The fourth-order valence-corrected chi connectivity index (χ4v) is 4.92. The van der Waals surface area contributed by atoms with Crippen molar-refractivity contribution in [3.63, 3.8) is 0 Å². The Hall–Kier alpha value is -3.39. The maximum atomic E-state index is 13.2. The quantitative estimate of drug-likeness (QED) is 0.654. The molecular weight excluding hydrogens is 416 g/mol. The summed E-state index contributed by atoms with van der Waals surface area (Å²) in [6.07, 6.45) is 1.83. The number of amides is 2. The van der Waals surface area contributed by atoms with Crippen LogP contribution in [0.5, 0.6) is 11.5 Å². The molecule has 0 radical (unpaired) electrons. The third-order valence-corrected chi connectivity index (χ3v) is 6.52. The van der Waals surface area contributed by atoms with Gasteiger partial charge in [0.05, 0.1) is 18.5 Å². The van der Waals surface area contributed by atoms with E-state index < -0.39 is 0 Å². The number of thioether (sulfide) groups is 1. The molecule has 7 nitrogen and oxygen atoms in total. The van der Waals surface area contributed by atoms with E-state index in [2.05, 4.69) is 5.32 Å². The average Bonchev–Trinajstić information content (AvgIpc) is 3.45. The van der Waals surface area contributed by atoms with Crippen LogP contribution >= 0.6 is 11.8 Å². The minimum Gasteiger partial charge on any atom is -0.467 e. The summed E-state index contributed by atoms with van der Waals surface area (Å²) in [5.41, 5.74) is 1.73. The van der Waals surface area contributed by atoms with E-state index in [1.54, 1.807) is 35.1 Å². The molecule has 0 fully saturated rings. The zero-order chi connectivity index (χ0) is 21.2. The van der Waals surface area contributed by atoms with Gasteiger partial charge in [-0.15, -0.1) is 11.8 Å². The van der Waals surface area contributed by atoms with Gasteiger partial charge in [0.15, 0.2) is 11.5 Å². The molecule has 3 heterocycles.